The first-order valence-corrected chi connectivity index (χ1v) is 5.72. The first-order chi connectivity index (χ1) is 7.63. The number of hydrogen-bond donors (Lipinski definition) is 2. The molecule has 3 N–H and O–H groups in total. The van der Waals surface area contributed by atoms with E-state index in [9.17, 15) is 0 Å². The molecule has 0 fully saturated rings. The maximum atomic E-state index is 5.94. The lowest BCUT2D eigenvalue weighted by Gasteiger charge is -2.16. The summed E-state index contributed by atoms with van der Waals surface area (Å²) in [5.74, 6) is 1.41. The van der Waals surface area contributed by atoms with Crippen molar-refractivity contribution in [1.82, 2.24) is 5.32 Å². The van der Waals surface area contributed by atoms with Gasteiger partial charge in [-0.3, -0.25) is 0 Å². The Morgan fingerprint density at radius 2 is 1.88 bits per heavy atom. The number of nitrogens with two attached hydrogens (primary N) is 1. The average molecular weight is 222 g/mol. The molecular weight excluding hydrogens is 200 g/mol. The molecule has 90 valence electrons. The van der Waals surface area contributed by atoms with Gasteiger partial charge in [-0.05, 0) is 23.6 Å². The van der Waals surface area contributed by atoms with E-state index in [2.05, 4.69) is 31.3 Å². The van der Waals surface area contributed by atoms with Crippen LogP contribution in [0.3, 0.4) is 0 Å². The van der Waals surface area contributed by atoms with Gasteiger partial charge in [0.15, 0.2) is 0 Å². The number of hydrogen-bond acceptors (Lipinski definition) is 3. The zero-order valence-corrected chi connectivity index (χ0v) is 10.4. The maximum absolute atomic E-state index is 5.94. The maximum Gasteiger partial charge on any atom is 0.118 e. The minimum Gasteiger partial charge on any atom is -0.497 e. The molecule has 0 heterocycles. The van der Waals surface area contributed by atoms with Crippen LogP contribution in [0.2, 0.25) is 0 Å². The van der Waals surface area contributed by atoms with Crippen LogP contribution in [0.4, 0.5) is 0 Å². The van der Waals surface area contributed by atoms with Crippen LogP contribution < -0.4 is 15.8 Å². The topological polar surface area (TPSA) is 47.3 Å². The lowest BCUT2D eigenvalue weighted by Crippen LogP contribution is -2.37. The van der Waals surface area contributed by atoms with E-state index < -0.39 is 0 Å². The molecule has 0 spiro atoms. The third-order valence-corrected chi connectivity index (χ3v) is 2.72. The van der Waals surface area contributed by atoms with E-state index in [0.717, 1.165) is 18.8 Å². The van der Waals surface area contributed by atoms with Crippen LogP contribution in [0.1, 0.15) is 19.4 Å². The van der Waals surface area contributed by atoms with Crippen molar-refractivity contribution >= 4 is 0 Å². The highest BCUT2D eigenvalue weighted by molar-refractivity contribution is 5.26. The van der Waals surface area contributed by atoms with E-state index >= 15 is 0 Å². The molecule has 0 bridgehead atoms. The largest absolute Gasteiger partial charge is 0.497 e. The van der Waals surface area contributed by atoms with Crippen molar-refractivity contribution in [1.29, 1.82) is 0 Å². The van der Waals surface area contributed by atoms with Crippen molar-refractivity contribution in [3.63, 3.8) is 0 Å². The van der Waals surface area contributed by atoms with Crippen LogP contribution in [0.15, 0.2) is 24.3 Å². The van der Waals surface area contributed by atoms with Gasteiger partial charge in [0, 0.05) is 19.1 Å². The van der Waals surface area contributed by atoms with E-state index in [1.54, 1.807) is 7.11 Å². The molecule has 3 nitrogen and oxygen atoms in total. The predicted molar refractivity (Wildman–Crippen MR) is 67.5 cm³/mol. The molecule has 1 atom stereocenters. The van der Waals surface area contributed by atoms with E-state index in [1.165, 1.54) is 5.56 Å². The zero-order valence-electron chi connectivity index (χ0n) is 10.4. The summed E-state index contributed by atoms with van der Waals surface area (Å²) in [6.07, 6.45) is 0. The number of rotatable bonds is 6. The van der Waals surface area contributed by atoms with Crippen LogP contribution in [-0.4, -0.2) is 19.7 Å². The van der Waals surface area contributed by atoms with Gasteiger partial charge in [-0.2, -0.15) is 0 Å². The molecule has 0 aliphatic rings. The zero-order chi connectivity index (χ0) is 12.0. The lowest BCUT2D eigenvalue weighted by atomic mass is 10.1. The van der Waals surface area contributed by atoms with Gasteiger partial charge in [-0.15, -0.1) is 0 Å². The molecule has 0 radical (unpaired) electrons. The fourth-order valence-electron chi connectivity index (χ4n) is 1.36. The Hall–Kier alpha value is -1.06. The smallest absolute Gasteiger partial charge is 0.118 e. The fourth-order valence-corrected chi connectivity index (χ4v) is 1.36. The van der Waals surface area contributed by atoms with Crippen molar-refractivity contribution in [2.75, 3.05) is 13.7 Å². The van der Waals surface area contributed by atoms with Crippen molar-refractivity contribution in [2.24, 2.45) is 11.7 Å². The molecule has 16 heavy (non-hydrogen) atoms. The molecule has 0 amide bonds. The summed E-state index contributed by atoms with van der Waals surface area (Å²) in [5.41, 5.74) is 7.19. The van der Waals surface area contributed by atoms with Crippen LogP contribution in [-0.2, 0) is 6.54 Å². The molecular formula is C13H22N2O. The molecule has 0 saturated carbocycles. The quantitative estimate of drug-likeness (QED) is 0.771. The molecule has 1 aromatic rings. The van der Waals surface area contributed by atoms with Gasteiger partial charge in [0.05, 0.1) is 7.11 Å². The number of ether oxygens (including phenoxy) is 1. The van der Waals surface area contributed by atoms with Crippen LogP contribution in [0.5, 0.6) is 5.75 Å². The third kappa shape index (κ3) is 4.21. The summed E-state index contributed by atoms with van der Waals surface area (Å²) in [5, 5.41) is 3.35. The van der Waals surface area contributed by atoms with Crippen molar-refractivity contribution < 1.29 is 4.74 Å². The Bertz CT molecular complexity index is 295. The Morgan fingerprint density at radius 3 is 2.38 bits per heavy atom. The first kappa shape index (κ1) is 13.0. The summed E-state index contributed by atoms with van der Waals surface area (Å²) in [6.45, 7) is 5.98. The van der Waals surface area contributed by atoms with Gasteiger partial charge in [0.1, 0.15) is 5.75 Å². The molecule has 0 aliphatic heterocycles. The first-order valence-electron chi connectivity index (χ1n) is 5.72. The molecule has 1 aromatic carbocycles. The lowest BCUT2D eigenvalue weighted by molar-refractivity contribution is 0.414. The van der Waals surface area contributed by atoms with Gasteiger partial charge in [-0.25, -0.2) is 0 Å². The number of methoxy groups -OCH3 is 1. The minimum atomic E-state index is 0.221. The van der Waals surface area contributed by atoms with Gasteiger partial charge in [-0.1, -0.05) is 26.0 Å². The summed E-state index contributed by atoms with van der Waals surface area (Å²) in [7, 11) is 1.68. The van der Waals surface area contributed by atoms with Crippen LogP contribution >= 0.6 is 0 Å². The van der Waals surface area contributed by atoms with Crippen molar-refractivity contribution in [3.05, 3.63) is 29.8 Å². The van der Waals surface area contributed by atoms with E-state index in [-0.39, 0.29) is 6.04 Å². The van der Waals surface area contributed by atoms with Gasteiger partial charge < -0.3 is 15.8 Å². The highest BCUT2D eigenvalue weighted by Crippen LogP contribution is 2.10. The number of benzene rings is 1. The highest BCUT2D eigenvalue weighted by Gasteiger charge is 2.06. The second-order valence-electron chi connectivity index (χ2n) is 4.39. The Morgan fingerprint density at radius 1 is 1.25 bits per heavy atom. The normalized spacial score (nSPS) is 12.8. The van der Waals surface area contributed by atoms with Gasteiger partial charge >= 0.3 is 0 Å². The standard InChI is InChI=1S/C13H22N2O/c1-10(2)13(14)9-15-8-11-4-6-12(16-3)7-5-11/h4-7,10,13,15H,8-9,14H2,1-3H3/t13-/m1/s1. The van der Waals surface area contributed by atoms with E-state index in [1.807, 2.05) is 12.1 Å². The highest BCUT2D eigenvalue weighted by atomic mass is 16.5. The molecule has 1 rings (SSSR count). The monoisotopic (exact) mass is 222 g/mol. The van der Waals surface area contributed by atoms with Crippen LogP contribution in [0, 0.1) is 5.92 Å². The Balaban J connectivity index is 2.31. The fraction of sp³-hybridized carbons (Fsp3) is 0.538. The predicted octanol–water partition coefficient (Wildman–Crippen LogP) is 1.77. The number of nitrogens with one attached hydrogen (secondary N) is 1. The molecule has 3 heteroatoms. The van der Waals surface area contributed by atoms with E-state index in [4.69, 9.17) is 10.5 Å². The summed E-state index contributed by atoms with van der Waals surface area (Å²) in [4.78, 5) is 0. The molecule has 0 unspecified atom stereocenters. The second-order valence-corrected chi connectivity index (χ2v) is 4.39. The second kappa shape index (κ2) is 6.51. The Labute approximate surface area is 98.0 Å². The summed E-state index contributed by atoms with van der Waals surface area (Å²) < 4.78 is 5.10. The van der Waals surface area contributed by atoms with Crippen molar-refractivity contribution in [3.8, 4) is 5.75 Å². The van der Waals surface area contributed by atoms with Crippen LogP contribution in [0.25, 0.3) is 0 Å². The molecule has 0 aromatic heterocycles. The summed E-state index contributed by atoms with van der Waals surface area (Å²) in [6, 6.07) is 8.29. The SMILES string of the molecule is COc1ccc(CNC[C@@H](N)C(C)C)cc1. The van der Waals surface area contributed by atoms with Crippen molar-refractivity contribution in [2.45, 2.75) is 26.4 Å². The molecule has 0 aliphatic carbocycles. The molecule has 0 saturated heterocycles. The Kier molecular flexibility index (Phi) is 5.29. The van der Waals surface area contributed by atoms with E-state index in [0.29, 0.717) is 5.92 Å². The van der Waals surface area contributed by atoms with Gasteiger partial charge in [0.2, 0.25) is 0 Å². The average Bonchev–Trinajstić information content (AvgIpc) is 2.29. The third-order valence-electron chi connectivity index (χ3n) is 2.72. The van der Waals surface area contributed by atoms with Gasteiger partial charge in [0.25, 0.3) is 0 Å². The summed E-state index contributed by atoms with van der Waals surface area (Å²) >= 11 is 0. The minimum absolute atomic E-state index is 0.221.